The molecule has 1 saturated heterocycles. The van der Waals surface area contributed by atoms with Gasteiger partial charge in [-0.25, -0.2) is 4.37 Å². The van der Waals surface area contributed by atoms with E-state index < -0.39 is 17.5 Å². The Labute approximate surface area is 139 Å². The SMILES string of the molecule is O=C(O)[C@]1(Cc2ccccc2)CN(Cc2cnsc2)CC[C@H]1O. The Hall–Kier alpha value is -1.76. The number of piperidine rings is 1. The second kappa shape index (κ2) is 6.78. The highest BCUT2D eigenvalue weighted by Crippen LogP contribution is 2.35. The average Bonchev–Trinajstić information content (AvgIpc) is 3.04. The van der Waals surface area contributed by atoms with Gasteiger partial charge in [0.2, 0.25) is 0 Å². The molecule has 1 fully saturated rings. The molecule has 0 unspecified atom stereocenters. The van der Waals surface area contributed by atoms with Gasteiger partial charge in [-0.05, 0) is 35.5 Å². The Bertz CT molecular complexity index is 647. The number of carbonyl (C=O) groups is 1. The molecule has 1 aromatic carbocycles. The molecule has 23 heavy (non-hydrogen) atoms. The molecule has 2 aromatic rings. The molecule has 0 saturated carbocycles. The third kappa shape index (κ3) is 3.44. The number of aliphatic hydroxyl groups is 1. The molecule has 0 bridgehead atoms. The van der Waals surface area contributed by atoms with Gasteiger partial charge in [0, 0.05) is 31.2 Å². The molecule has 0 aliphatic carbocycles. The van der Waals surface area contributed by atoms with Gasteiger partial charge >= 0.3 is 5.97 Å². The molecule has 5 nitrogen and oxygen atoms in total. The summed E-state index contributed by atoms with van der Waals surface area (Å²) in [7, 11) is 0. The summed E-state index contributed by atoms with van der Waals surface area (Å²) in [6, 6.07) is 9.53. The van der Waals surface area contributed by atoms with Crippen LogP contribution in [-0.2, 0) is 17.8 Å². The largest absolute Gasteiger partial charge is 0.481 e. The molecule has 3 rings (SSSR count). The molecular weight excluding hydrogens is 312 g/mol. The third-order valence-electron chi connectivity index (χ3n) is 4.54. The number of aliphatic carboxylic acids is 1. The fourth-order valence-corrected chi connectivity index (χ4v) is 3.81. The van der Waals surface area contributed by atoms with Gasteiger partial charge in [0.1, 0.15) is 5.41 Å². The molecule has 0 spiro atoms. The maximum absolute atomic E-state index is 12.0. The predicted octanol–water partition coefficient (Wildman–Crippen LogP) is 2.02. The van der Waals surface area contributed by atoms with Crippen molar-refractivity contribution in [1.82, 2.24) is 9.27 Å². The van der Waals surface area contributed by atoms with E-state index in [1.165, 1.54) is 11.5 Å². The van der Waals surface area contributed by atoms with Gasteiger partial charge in [-0.1, -0.05) is 30.3 Å². The van der Waals surface area contributed by atoms with Crippen molar-refractivity contribution in [1.29, 1.82) is 0 Å². The number of likely N-dealkylation sites (tertiary alicyclic amines) is 1. The summed E-state index contributed by atoms with van der Waals surface area (Å²) in [5.41, 5.74) is 0.863. The second-order valence-corrected chi connectivity index (χ2v) is 6.83. The van der Waals surface area contributed by atoms with E-state index in [1.807, 2.05) is 41.9 Å². The van der Waals surface area contributed by atoms with Gasteiger partial charge in [0.05, 0.1) is 6.10 Å². The molecular formula is C17H20N2O3S. The predicted molar refractivity (Wildman–Crippen MR) is 88.2 cm³/mol. The number of carboxylic acids is 1. The van der Waals surface area contributed by atoms with Crippen LogP contribution >= 0.6 is 11.5 Å². The maximum atomic E-state index is 12.0. The Balaban J connectivity index is 1.82. The number of aromatic nitrogens is 1. The van der Waals surface area contributed by atoms with Crippen LogP contribution in [0.2, 0.25) is 0 Å². The van der Waals surface area contributed by atoms with E-state index in [0.717, 1.165) is 11.1 Å². The monoisotopic (exact) mass is 332 g/mol. The first-order valence-electron chi connectivity index (χ1n) is 7.66. The summed E-state index contributed by atoms with van der Waals surface area (Å²) >= 11 is 1.40. The minimum atomic E-state index is -1.16. The standard InChI is InChI=1S/C17H20N2O3S/c20-15-6-7-19(10-14-9-18-23-11-14)12-17(15,16(21)22)8-13-4-2-1-3-5-13/h1-5,9,11,15,20H,6-8,10,12H2,(H,21,22)/t15-,17-/m1/s1. The van der Waals surface area contributed by atoms with Crippen LogP contribution < -0.4 is 0 Å². The van der Waals surface area contributed by atoms with Gasteiger partial charge in [-0.2, -0.15) is 0 Å². The fraction of sp³-hybridized carbons (Fsp3) is 0.412. The van der Waals surface area contributed by atoms with E-state index in [2.05, 4.69) is 9.27 Å². The number of hydrogen-bond acceptors (Lipinski definition) is 5. The summed E-state index contributed by atoms with van der Waals surface area (Å²) < 4.78 is 4.09. The lowest BCUT2D eigenvalue weighted by Crippen LogP contribution is -2.56. The van der Waals surface area contributed by atoms with Gasteiger partial charge < -0.3 is 10.2 Å². The van der Waals surface area contributed by atoms with E-state index in [0.29, 0.717) is 32.5 Å². The lowest BCUT2D eigenvalue weighted by Gasteiger charge is -2.43. The summed E-state index contributed by atoms with van der Waals surface area (Å²) in [5, 5.41) is 22.3. The quantitative estimate of drug-likeness (QED) is 0.876. The first-order chi connectivity index (χ1) is 11.1. The Morgan fingerprint density at radius 2 is 2.13 bits per heavy atom. The molecule has 0 amide bonds. The highest BCUT2D eigenvalue weighted by atomic mass is 32.1. The van der Waals surface area contributed by atoms with Gasteiger partial charge in [0.15, 0.2) is 0 Å². The van der Waals surface area contributed by atoms with Crippen molar-refractivity contribution in [2.45, 2.75) is 25.5 Å². The Morgan fingerprint density at radius 1 is 1.35 bits per heavy atom. The van der Waals surface area contributed by atoms with E-state index in [4.69, 9.17) is 0 Å². The van der Waals surface area contributed by atoms with Gasteiger partial charge in [-0.3, -0.25) is 9.69 Å². The van der Waals surface area contributed by atoms with E-state index >= 15 is 0 Å². The Morgan fingerprint density at radius 3 is 2.78 bits per heavy atom. The van der Waals surface area contributed by atoms with E-state index in [9.17, 15) is 15.0 Å². The summed E-state index contributed by atoms with van der Waals surface area (Å²) in [6.07, 6.45) is 1.78. The lowest BCUT2D eigenvalue weighted by atomic mass is 9.73. The van der Waals surface area contributed by atoms with Crippen LogP contribution in [0.1, 0.15) is 17.5 Å². The molecule has 1 aliphatic rings. The molecule has 1 aliphatic heterocycles. The average molecular weight is 332 g/mol. The molecule has 2 heterocycles. The first kappa shape index (κ1) is 16.1. The van der Waals surface area contributed by atoms with Crippen LogP contribution in [0.3, 0.4) is 0 Å². The van der Waals surface area contributed by atoms with E-state index in [-0.39, 0.29) is 0 Å². The molecule has 1 aromatic heterocycles. The normalized spacial score (nSPS) is 25.3. The Kier molecular flexibility index (Phi) is 4.75. The zero-order chi connectivity index (χ0) is 16.3. The van der Waals surface area contributed by atoms with Crippen molar-refractivity contribution in [3.8, 4) is 0 Å². The van der Waals surface area contributed by atoms with Crippen molar-refractivity contribution < 1.29 is 15.0 Å². The third-order valence-corrected chi connectivity index (χ3v) is 5.18. The van der Waals surface area contributed by atoms with Crippen molar-refractivity contribution in [2.24, 2.45) is 5.41 Å². The minimum absolute atomic E-state index is 0.336. The van der Waals surface area contributed by atoms with Crippen LogP contribution in [0.25, 0.3) is 0 Å². The van der Waals surface area contributed by atoms with Crippen LogP contribution in [0.4, 0.5) is 0 Å². The molecule has 122 valence electrons. The number of hydrogen-bond donors (Lipinski definition) is 2. The molecule has 2 N–H and O–H groups in total. The number of benzene rings is 1. The smallest absolute Gasteiger partial charge is 0.313 e. The number of carboxylic acid groups (broad SMARTS) is 1. The minimum Gasteiger partial charge on any atom is -0.481 e. The zero-order valence-corrected chi connectivity index (χ0v) is 13.6. The van der Waals surface area contributed by atoms with Crippen molar-refractivity contribution >= 4 is 17.5 Å². The van der Waals surface area contributed by atoms with Gasteiger partial charge in [-0.15, -0.1) is 0 Å². The summed E-state index contributed by atoms with van der Waals surface area (Å²) in [5.74, 6) is -0.929. The first-order valence-corrected chi connectivity index (χ1v) is 8.50. The number of aliphatic hydroxyl groups excluding tert-OH is 1. The van der Waals surface area contributed by atoms with Crippen LogP contribution in [0.5, 0.6) is 0 Å². The van der Waals surface area contributed by atoms with E-state index in [1.54, 1.807) is 0 Å². The van der Waals surface area contributed by atoms with Crippen LogP contribution in [0, 0.1) is 5.41 Å². The second-order valence-electron chi connectivity index (χ2n) is 6.17. The number of rotatable bonds is 5. The summed E-state index contributed by atoms with van der Waals surface area (Å²) in [6.45, 7) is 1.71. The molecule has 0 radical (unpaired) electrons. The highest BCUT2D eigenvalue weighted by molar-refractivity contribution is 7.03. The number of nitrogens with zero attached hydrogens (tertiary/aromatic N) is 2. The van der Waals surface area contributed by atoms with Crippen molar-refractivity contribution in [3.63, 3.8) is 0 Å². The van der Waals surface area contributed by atoms with Crippen molar-refractivity contribution in [2.75, 3.05) is 13.1 Å². The van der Waals surface area contributed by atoms with Crippen molar-refractivity contribution in [3.05, 3.63) is 53.0 Å². The maximum Gasteiger partial charge on any atom is 0.313 e. The lowest BCUT2D eigenvalue weighted by molar-refractivity contribution is -0.163. The summed E-state index contributed by atoms with van der Waals surface area (Å²) in [4.78, 5) is 14.1. The topological polar surface area (TPSA) is 73.7 Å². The van der Waals surface area contributed by atoms with Crippen LogP contribution in [-0.4, -0.2) is 44.6 Å². The fourth-order valence-electron chi connectivity index (χ4n) is 3.28. The molecule has 6 heteroatoms. The molecule has 2 atom stereocenters. The zero-order valence-electron chi connectivity index (χ0n) is 12.8. The van der Waals surface area contributed by atoms with Gasteiger partial charge in [0.25, 0.3) is 0 Å². The highest BCUT2D eigenvalue weighted by Gasteiger charge is 2.49. The van der Waals surface area contributed by atoms with Crippen LogP contribution in [0.15, 0.2) is 41.9 Å².